The van der Waals surface area contributed by atoms with Crippen LogP contribution in [0.2, 0.25) is 0 Å². The standard InChI is InChI=1S/C50H34N12O4/c63-47(31-9-17-51-39(25-31)41-27-33(11-19-53-41)49(65)61-37-23-29-5-1-13-55-43(29)45-35(37)7-3-15-57-45)59-21-22-60-48(64)32-10-18-52-40(26-32)42-28-34(12-20-54-42)50(66)62-38-24-30-6-2-14-56-44(30)46-36(38)8-4-16-58-46/h1-20,23-28H,21-22H2,(H,59,63)(H,60,64)(H,61,65)(H,62,66). The number of aromatic nitrogens is 8. The number of hydrogen-bond acceptors (Lipinski definition) is 12. The van der Waals surface area contributed by atoms with Crippen LogP contribution in [0.1, 0.15) is 41.4 Å². The molecule has 16 heteroatoms. The summed E-state index contributed by atoms with van der Waals surface area (Å²) in [6.45, 7) is 0.252. The van der Waals surface area contributed by atoms with Crippen LogP contribution in [-0.4, -0.2) is 76.6 Å². The molecule has 0 saturated heterocycles. The maximum Gasteiger partial charge on any atom is 0.255 e. The van der Waals surface area contributed by atoms with E-state index in [0.717, 1.165) is 32.6 Å². The van der Waals surface area contributed by atoms with Crippen molar-refractivity contribution < 1.29 is 19.2 Å². The van der Waals surface area contributed by atoms with Crippen LogP contribution in [0.4, 0.5) is 11.4 Å². The average molecular weight is 867 g/mol. The van der Waals surface area contributed by atoms with E-state index in [0.29, 0.717) is 67.4 Å². The number of anilines is 2. The third-order valence-electron chi connectivity index (χ3n) is 10.7. The van der Waals surface area contributed by atoms with E-state index >= 15 is 0 Å². The SMILES string of the molecule is O=C(NCCNC(=O)c1ccnc(-c2cc(C(=O)Nc3cc4cccnc4c4ncccc34)ccn2)c1)c1ccnc(-c2cc(C(=O)Nc3cc4cccnc4c4ncccc34)ccn2)c1. The van der Waals surface area contributed by atoms with Gasteiger partial charge in [-0.25, -0.2) is 0 Å². The van der Waals surface area contributed by atoms with Crippen molar-refractivity contribution >= 4 is 78.6 Å². The molecule has 0 spiro atoms. The fourth-order valence-electron chi connectivity index (χ4n) is 7.55. The Hall–Kier alpha value is -9.44. The summed E-state index contributed by atoms with van der Waals surface area (Å²) < 4.78 is 0. The lowest BCUT2D eigenvalue weighted by Crippen LogP contribution is -2.34. The Morgan fingerprint density at radius 2 is 0.682 bits per heavy atom. The number of carbonyl (C=O) groups is 4. The highest BCUT2D eigenvalue weighted by atomic mass is 16.2. The van der Waals surface area contributed by atoms with Crippen molar-refractivity contribution in [3.63, 3.8) is 0 Å². The van der Waals surface area contributed by atoms with Gasteiger partial charge in [0.1, 0.15) is 0 Å². The molecule has 0 unspecified atom stereocenters. The van der Waals surface area contributed by atoms with Gasteiger partial charge in [0.25, 0.3) is 23.6 Å². The second kappa shape index (κ2) is 17.7. The number of nitrogens with one attached hydrogen (secondary N) is 4. The van der Waals surface area contributed by atoms with Crippen molar-refractivity contribution in [2.75, 3.05) is 23.7 Å². The second-order valence-electron chi connectivity index (χ2n) is 14.9. The Kier molecular flexibility index (Phi) is 10.9. The number of pyridine rings is 8. The summed E-state index contributed by atoms with van der Waals surface area (Å²) in [5.74, 6) is -1.51. The zero-order valence-electron chi connectivity index (χ0n) is 34.6. The number of rotatable bonds is 11. The summed E-state index contributed by atoms with van der Waals surface area (Å²) in [6, 6.07) is 31.3. The Bertz CT molecular complexity index is 3330. The first-order valence-electron chi connectivity index (χ1n) is 20.7. The van der Waals surface area contributed by atoms with Gasteiger partial charge in [-0.2, -0.15) is 0 Å². The lowest BCUT2D eigenvalue weighted by molar-refractivity contribution is 0.0927. The molecule has 318 valence electrons. The van der Waals surface area contributed by atoms with E-state index in [4.69, 9.17) is 0 Å². The minimum absolute atomic E-state index is 0.126. The van der Waals surface area contributed by atoms with Crippen molar-refractivity contribution in [1.82, 2.24) is 50.5 Å². The van der Waals surface area contributed by atoms with Gasteiger partial charge in [-0.05, 0) is 97.1 Å². The van der Waals surface area contributed by atoms with Gasteiger partial charge >= 0.3 is 0 Å². The molecule has 0 radical (unpaired) electrons. The molecule has 0 saturated carbocycles. The van der Waals surface area contributed by atoms with Crippen LogP contribution in [0.5, 0.6) is 0 Å². The van der Waals surface area contributed by atoms with Crippen LogP contribution in [0.3, 0.4) is 0 Å². The maximum absolute atomic E-state index is 13.6. The summed E-state index contributed by atoms with van der Waals surface area (Å²) in [7, 11) is 0. The number of amides is 4. The van der Waals surface area contributed by atoms with Gasteiger partial charge in [-0.1, -0.05) is 12.1 Å². The molecule has 4 N–H and O–H groups in total. The number of fused-ring (bicyclic) bond motifs is 6. The monoisotopic (exact) mass is 866 g/mol. The lowest BCUT2D eigenvalue weighted by atomic mass is 10.1. The zero-order chi connectivity index (χ0) is 45.0. The highest BCUT2D eigenvalue weighted by Crippen LogP contribution is 2.31. The molecule has 8 heterocycles. The van der Waals surface area contributed by atoms with Crippen LogP contribution in [0.25, 0.3) is 66.4 Å². The normalized spacial score (nSPS) is 11.1. The summed E-state index contributed by atoms with van der Waals surface area (Å²) in [5, 5.41) is 14.8. The number of nitrogens with zero attached hydrogens (tertiary/aromatic N) is 8. The maximum atomic E-state index is 13.6. The van der Waals surface area contributed by atoms with E-state index in [1.165, 1.54) is 24.8 Å². The van der Waals surface area contributed by atoms with Crippen molar-refractivity contribution in [3.05, 3.63) is 181 Å². The first kappa shape index (κ1) is 40.6. The van der Waals surface area contributed by atoms with Crippen molar-refractivity contribution in [2.45, 2.75) is 0 Å². The van der Waals surface area contributed by atoms with E-state index in [1.807, 2.05) is 48.5 Å². The third kappa shape index (κ3) is 8.27. The van der Waals surface area contributed by atoms with Crippen LogP contribution in [0.15, 0.2) is 159 Å². The molecule has 2 aromatic carbocycles. The zero-order valence-corrected chi connectivity index (χ0v) is 34.6. The van der Waals surface area contributed by atoms with Crippen LogP contribution < -0.4 is 21.3 Å². The molecule has 66 heavy (non-hydrogen) atoms. The van der Waals surface area contributed by atoms with E-state index in [2.05, 4.69) is 61.1 Å². The van der Waals surface area contributed by atoms with E-state index in [9.17, 15) is 19.2 Å². The van der Waals surface area contributed by atoms with Gasteiger partial charge < -0.3 is 21.3 Å². The molecule has 0 bridgehead atoms. The Morgan fingerprint density at radius 3 is 1.06 bits per heavy atom. The highest BCUT2D eigenvalue weighted by molar-refractivity contribution is 6.16. The molecule has 0 aliphatic carbocycles. The topological polar surface area (TPSA) is 220 Å². The summed E-state index contributed by atoms with van der Waals surface area (Å²) >= 11 is 0. The predicted octanol–water partition coefficient (Wildman–Crippen LogP) is 7.46. The van der Waals surface area contributed by atoms with Gasteiger partial charge in [-0.15, -0.1) is 0 Å². The van der Waals surface area contributed by atoms with Gasteiger partial charge in [-0.3, -0.25) is 59.0 Å². The van der Waals surface area contributed by atoms with Gasteiger partial charge in [0.15, 0.2) is 0 Å². The molecule has 0 atom stereocenters. The molecule has 0 fully saturated rings. The average Bonchev–Trinajstić information content (AvgIpc) is 3.37. The molecule has 8 aromatic heterocycles. The van der Waals surface area contributed by atoms with Gasteiger partial charge in [0.05, 0.1) is 56.2 Å². The summed E-state index contributed by atoms with van der Waals surface area (Å²) in [6.07, 6.45) is 12.8. The van der Waals surface area contributed by atoms with Crippen LogP contribution in [-0.2, 0) is 0 Å². The molecule has 16 nitrogen and oxygen atoms in total. The van der Waals surface area contributed by atoms with E-state index < -0.39 is 11.8 Å². The number of carbonyl (C=O) groups excluding carboxylic acids is 4. The van der Waals surface area contributed by atoms with Crippen LogP contribution in [0, 0.1) is 0 Å². The van der Waals surface area contributed by atoms with E-state index in [1.54, 1.807) is 85.5 Å². The molecular weight excluding hydrogens is 833 g/mol. The minimum Gasteiger partial charge on any atom is -0.350 e. The van der Waals surface area contributed by atoms with Crippen molar-refractivity contribution in [2.24, 2.45) is 0 Å². The molecule has 4 amide bonds. The Morgan fingerprint density at radius 1 is 0.348 bits per heavy atom. The van der Waals surface area contributed by atoms with Crippen molar-refractivity contribution in [3.8, 4) is 22.8 Å². The van der Waals surface area contributed by atoms with Crippen LogP contribution >= 0.6 is 0 Å². The quantitative estimate of drug-likeness (QED) is 0.0736. The lowest BCUT2D eigenvalue weighted by Gasteiger charge is -2.11. The first-order valence-corrected chi connectivity index (χ1v) is 20.7. The minimum atomic E-state index is -0.392. The number of hydrogen-bond donors (Lipinski definition) is 4. The predicted molar refractivity (Wildman–Crippen MR) is 250 cm³/mol. The fourth-order valence-corrected chi connectivity index (χ4v) is 7.55. The highest BCUT2D eigenvalue weighted by Gasteiger charge is 2.17. The molecule has 10 aromatic rings. The smallest absolute Gasteiger partial charge is 0.255 e. The fraction of sp³-hybridized carbons (Fsp3) is 0.0400. The number of benzene rings is 2. The molecule has 0 aliphatic heterocycles. The van der Waals surface area contributed by atoms with Crippen molar-refractivity contribution in [1.29, 1.82) is 0 Å². The van der Waals surface area contributed by atoms with Gasteiger partial charge in [0, 0.05) is 106 Å². The van der Waals surface area contributed by atoms with Gasteiger partial charge in [0.2, 0.25) is 0 Å². The third-order valence-corrected chi connectivity index (χ3v) is 10.7. The Labute approximate surface area is 374 Å². The Balaban J connectivity index is 0.756. The molecule has 0 aliphatic rings. The van der Waals surface area contributed by atoms with E-state index in [-0.39, 0.29) is 24.9 Å². The first-order chi connectivity index (χ1) is 32.4. The summed E-state index contributed by atoms with van der Waals surface area (Å²) in [4.78, 5) is 89.1. The summed E-state index contributed by atoms with van der Waals surface area (Å²) in [5.41, 5.74) is 6.88. The second-order valence-corrected chi connectivity index (χ2v) is 14.9. The molecular formula is C50H34N12O4. The largest absolute Gasteiger partial charge is 0.350 e. The molecule has 10 rings (SSSR count).